The van der Waals surface area contributed by atoms with Gasteiger partial charge in [-0.05, 0) is 44.6 Å². The number of hydrogen-bond donors (Lipinski definition) is 0. The van der Waals surface area contributed by atoms with Crippen LogP contribution in [0, 0.1) is 13.8 Å². The Morgan fingerprint density at radius 2 is 1.96 bits per heavy atom. The van der Waals surface area contributed by atoms with Crippen LogP contribution in [0.3, 0.4) is 0 Å². The lowest BCUT2D eigenvalue weighted by molar-refractivity contribution is 0.112. The molecule has 0 aliphatic carbocycles. The molecule has 0 saturated carbocycles. The largest absolute Gasteiger partial charge is 0.438 e. The average Bonchev–Trinajstić information content (AvgIpc) is 2.94. The molecule has 0 unspecified atom stereocenters. The van der Waals surface area contributed by atoms with Gasteiger partial charge in [0.05, 0.1) is 11.9 Å². The molecule has 0 spiro atoms. The van der Waals surface area contributed by atoms with Crippen LogP contribution in [0.15, 0.2) is 24.3 Å². The van der Waals surface area contributed by atoms with Gasteiger partial charge in [0.1, 0.15) is 22.7 Å². The quantitative estimate of drug-likeness (QED) is 0.562. The van der Waals surface area contributed by atoms with E-state index in [1.807, 2.05) is 6.07 Å². The first-order chi connectivity index (χ1) is 12.5. The van der Waals surface area contributed by atoms with Gasteiger partial charge in [-0.25, -0.2) is 4.98 Å². The van der Waals surface area contributed by atoms with E-state index in [4.69, 9.17) is 14.7 Å². The molecule has 5 nitrogen and oxygen atoms in total. The molecule has 6 heteroatoms. The fourth-order valence-corrected chi connectivity index (χ4v) is 3.85. The van der Waals surface area contributed by atoms with Gasteiger partial charge in [-0.15, -0.1) is 11.3 Å². The minimum atomic E-state index is 0.557. The van der Waals surface area contributed by atoms with Gasteiger partial charge in [0.15, 0.2) is 0 Å². The summed E-state index contributed by atoms with van der Waals surface area (Å²) in [6.07, 6.45) is 0.814. The van der Waals surface area contributed by atoms with Gasteiger partial charge in [0, 0.05) is 10.4 Å². The van der Waals surface area contributed by atoms with Crippen molar-refractivity contribution in [2.45, 2.75) is 34.2 Å². The van der Waals surface area contributed by atoms with Crippen LogP contribution in [-0.2, 0) is 6.54 Å². The van der Waals surface area contributed by atoms with Crippen LogP contribution in [-0.4, -0.2) is 34.2 Å². The topological polar surface area (TPSA) is 55.3 Å². The molecule has 3 aromatic rings. The second kappa shape index (κ2) is 7.93. The molecule has 0 amide bonds. The Bertz CT molecular complexity index is 932. The predicted octanol–water partition coefficient (Wildman–Crippen LogP) is 4.75. The third-order valence-electron chi connectivity index (χ3n) is 4.51. The van der Waals surface area contributed by atoms with Gasteiger partial charge >= 0.3 is 0 Å². The molecule has 1 aromatic carbocycles. The Kier molecular flexibility index (Phi) is 5.64. The summed E-state index contributed by atoms with van der Waals surface area (Å²) in [5.74, 6) is 1.91. The van der Waals surface area contributed by atoms with Crippen LogP contribution in [0.4, 0.5) is 0 Å². The summed E-state index contributed by atoms with van der Waals surface area (Å²) in [7, 11) is 0. The second-order valence-corrected chi connectivity index (χ2v) is 7.37. The highest BCUT2D eigenvalue weighted by Gasteiger charge is 2.17. The number of rotatable bonds is 7. The number of aldehydes is 1. The number of carbonyl (C=O) groups excluding carboxylic acids is 1. The van der Waals surface area contributed by atoms with Crippen molar-refractivity contribution in [3.8, 4) is 11.6 Å². The van der Waals surface area contributed by atoms with Crippen LogP contribution < -0.4 is 4.74 Å². The maximum absolute atomic E-state index is 11.0. The standard InChI is InChI=1S/C20H23N3O2S/c1-5-23(6-2)11-17-21-19(18-13(3)14(4)26-20(18)22-17)25-16-9-7-8-15(10-16)12-24/h7-10,12H,5-6,11H2,1-4H3. The summed E-state index contributed by atoms with van der Waals surface area (Å²) in [6.45, 7) is 11.0. The van der Waals surface area contributed by atoms with Crippen LogP contribution in [0.25, 0.3) is 10.2 Å². The van der Waals surface area contributed by atoms with Gasteiger partial charge in [-0.3, -0.25) is 9.69 Å². The van der Waals surface area contributed by atoms with E-state index >= 15 is 0 Å². The van der Waals surface area contributed by atoms with E-state index in [0.29, 0.717) is 23.7 Å². The van der Waals surface area contributed by atoms with Crippen molar-refractivity contribution in [3.63, 3.8) is 0 Å². The SMILES string of the molecule is CCN(CC)Cc1nc(Oc2cccc(C=O)c2)c2c(C)c(C)sc2n1. The molecule has 3 rings (SSSR count). The molecule has 0 fully saturated rings. The minimum Gasteiger partial charge on any atom is -0.438 e. The Morgan fingerprint density at radius 3 is 2.65 bits per heavy atom. The molecule has 0 atom stereocenters. The summed E-state index contributed by atoms with van der Waals surface area (Å²) < 4.78 is 6.10. The van der Waals surface area contributed by atoms with E-state index < -0.39 is 0 Å². The fourth-order valence-electron chi connectivity index (χ4n) is 2.81. The molecular weight excluding hydrogens is 346 g/mol. The molecule has 0 bridgehead atoms. The van der Waals surface area contributed by atoms with Crippen molar-refractivity contribution >= 4 is 27.8 Å². The van der Waals surface area contributed by atoms with E-state index in [9.17, 15) is 4.79 Å². The average molecular weight is 369 g/mol. The maximum atomic E-state index is 11.0. The van der Waals surface area contributed by atoms with Crippen LogP contribution in [0.1, 0.15) is 40.5 Å². The number of aryl methyl sites for hydroxylation is 2. The van der Waals surface area contributed by atoms with Gasteiger partial charge in [-0.2, -0.15) is 4.98 Å². The zero-order valence-corrected chi connectivity index (χ0v) is 16.4. The van der Waals surface area contributed by atoms with E-state index in [0.717, 1.165) is 41.0 Å². The Hall–Kier alpha value is -2.31. The number of hydrogen-bond acceptors (Lipinski definition) is 6. The molecule has 26 heavy (non-hydrogen) atoms. The summed E-state index contributed by atoms with van der Waals surface area (Å²) in [4.78, 5) is 24.9. The molecule has 0 radical (unpaired) electrons. The number of nitrogens with zero attached hydrogens (tertiary/aromatic N) is 3. The van der Waals surface area contributed by atoms with Crippen molar-refractivity contribution in [2.75, 3.05) is 13.1 Å². The first-order valence-corrected chi connectivity index (χ1v) is 9.59. The molecule has 0 aliphatic rings. The van der Waals surface area contributed by atoms with Crippen LogP contribution in [0.2, 0.25) is 0 Å². The van der Waals surface area contributed by atoms with E-state index in [2.05, 4.69) is 32.6 Å². The third-order valence-corrected chi connectivity index (χ3v) is 5.61. The first-order valence-electron chi connectivity index (χ1n) is 8.77. The van der Waals surface area contributed by atoms with Gasteiger partial charge in [0.2, 0.25) is 5.88 Å². The molecule has 0 saturated heterocycles. The monoisotopic (exact) mass is 369 g/mol. The normalized spacial score (nSPS) is 11.3. The number of fused-ring (bicyclic) bond motifs is 1. The fraction of sp³-hybridized carbons (Fsp3) is 0.350. The summed E-state index contributed by atoms with van der Waals surface area (Å²) >= 11 is 1.66. The van der Waals surface area contributed by atoms with Crippen molar-refractivity contribution in [1.82, 2.24) is 14.9 Å². The Balaban J connectivity index is 2.06. The second-order valence-electron chi connectivity index (χ2n) is 6.16. The van der Waals surface area contributed by atoms with Crippen molar-refractivity contribution in [3.05, 3.63) is 46.1 Å². The molecule has 136 valence electrons. The highest BCUT2D eigenvalue weighted by molar-refractivity contribution is 7.18. The van der Waals surface area contributed by atoms with Crippen molar-refractivity contribution in [2.24, 2.45) is 0 Å². The first kappa shape index (κ1) is 18.5. The molecule has 0 N–H and O–H groups in total. The number of ether oxygens (including phenoxy) is 1. The van der Waals surface area contributed by atoms with Crippen LogP contribution >= 0.6 is 11.3 Å². The lowest BCUT2D eigenvalue weighted by Crippen LogP contribution is -2.23. The lowest BCUT2D eigenvalue weighted by atomic mass is 10.2. The van der Waals surface area contributed by atoms with Gasteiger partial charge < -0.3 is 4.74 Å². The lowest BCUT2D eigenvalue weighted by Gasteiger charge is -2.17. The zero-order chi connectivity index (χ0) is 18.7. The zero-order valence-electron chi connectivity index (χ0n) is 15.6. The molecular formula is C20H23N3O2S. The number of carbonyl (C=O) groups is 1. The van der Waals surface area contributed by atoms with Gasteiger partial charge in [0.25, 0.3) is 0 Å². The highest BCUT2D eigenvalue weighted by Crippen LogP contribution is 2.36. The third kappa shape index (κ3) is 3.76. The van der Waals surface area contributed by atoms with E-state index in [1.165, 1.54) is 4.88 Å². The summed E-state index contributed by atoms with van der Waals surface area (Å²) in [5.41, 5.74) is 1.72. The highest BCUT2D eigenvalue weighted by atomic mass is 32.1. The molecule has 0 aliphatic heterocycles. The summed E-state index contributed by atoms with van der Waals surface area (Å²) in [5, 5.41) is 0.951. The summed E-state index contributed by atoms with van der Waals surface area (Å²) in [6, 6.07) is 7.11. The smallest absolute Gasteiger partial charge is 0.231 e. The number of aromatic nitrogens is 2. The maximum Gasteiger partial charge on any atom is 0.231 e. The van der Waals surface area contributed by atoms with Crippen molar-refractivity contribution in [1.29, 1.82) is 0 Å². The van der Waals surface area contributed by atoms with Crippen LogP contribution in [0.5, 0.6) is 11.6 Å². The van der Waals surface area contributed by atoms with E-state index in [-0.39, 0.29) is 0 Å². The predicted molar refractivity (Wildman–Crippen MR) is 105 cm³/mol. The Labute approximate surface area is 157 Å². The number of thiophene rings is 1. The van der Waals surface area contributed by atoms with E-state index in [1.54, 1.807) is 29.5 Å². The Morgan fingerprint density at radius 1 is 1.19 bits per heavy atom. The number of benzene rings is 1. The molecule has 2 aromatic heterocycles. The van der Waals surface area contributed by atoms with Crippen molar-refractivity contribution < 1.29 is 9.53 Å². The minimum absolute atomic E-state index is 0.557. The van der Waals surface area contributed by atoms with Gasteiger partial charge in [-0.1, -0.05) is 26.0 Å². The molecule has 2 heterocycles.